The number of carbonyl (C=O) groups is 1. The monoisotopic (exact) mass is 221 g/mol. The quantitative estimate of drug-likeness (QED) is 0.852. The Hall–Kier alpha value is -1.04. The minimum Gasteiger partial charge on any atom is -0.481 e. The van der Waals surface area contributed by atoms with Crippen molar-refractivity contribution in [3.05, 3.63) is 16.1 Å². The molecule has 0 aromatic carbocycles. The Morgan fingerprint density at radius 3 is 2.57 bits per heavy atom. The van der Waals surface area contributed by atoms with Gasteiger partial charge in [0, 0.05) is 11.1 Å². The number of thiazole rings is 1. The van der Waals surface area contributed by atoms with E-state index in [0.29, 0.717) is 4.88 Å². The van der Waals surface area contributed by atoms with Crippen molar-refractivity contribution < 1.29 is 18.7 Å². The summed E-state index contributed by atoms with van der Waals surface area (Å²) in [5.41, 5.74) is -1.16. The summed E-state index contributed by atoms with van der Waals surface area (Å²) in [4.78, 5) is 14.6. The van der Waals surface area contributed by atoms with Gasteiger partial charge in [0.1, 0.15) is 0 Å². The molecule has 0 radical (unpaired) electrons. The number of hydrogen-bond acceptors (Lipinski definition) is 3. The number of halogens is 2. The smallest absolute Gasteiger partial charge is 0.314 e. The van der Waals surface area contributed by atoms with Crippen molar-refractivity contribution in [1.82, 2.24) is 4.98 Å². The van der Waals surface area contributed by atoms with Gasteiger partial charge >= 0.3 is 5.97 Å². The van der Waals surface area contributed by atoms with Gasteiger partial charge in [0.05, 0.1) is 5.41 Å². The fourth-order valence-electron chi connectivity index (χ4n) is 0.783. The lowest BCUT2D eigenvalue weighted by atomic mass is 9.93. The molecule has 0 saturated heterocycles. The molecule has 0 aliphatic carbocycles. The number of aromatic nitrogens is 1. The van der Waals surface area contributed by atoms with Crippen molar-refractivity contribution in [3.8, 4) is 0 Å². The summed E-state index contributed by atoms with van der Waals surface area (Å²) in [6.07, 6.45) is -1.45. The summed E-state index contributed by atoms with van der Waals surface area (Å²) in [6, 6.07) is 0. The molecule has 1 aromatic rings. The van der Waals surface area contributed by atoms with E-state index in [0.717, 1.165) is 11.3 Å². The largest absolute Gasteiger partial charge is 0.481 e. The summed E-state index contributed by atoms with van der Waals surface area (Å²) < 4.78 is 24.3. The van der Waals surface area contributed by atoms with Crippen LogP contribution in [0.25, 0.3) is 0 Å². The van der Waals surface area contributed by atoms with Crippen LogP contribution in [0, 0.1) is 0 Å². The maximum absolute atomic E-state index is 12.2. The number of aliphatic carboxylic acids is 1. The van der Waals surface area contributed by atoms with Crippen molar-refractivity contribution in [1.29, 1.82) is 0 Å². The van der Waals surface area contributed by atoms with Crippen LogP contribution in [0.5, 0.6) is 0 Å². The first-order chi connectivity index (χ1) is 6.35. The SMILES string of the molecule is CC(C)(C(=O)O)c1cnc(C(F)F)s1. The van der Waals surface area contributed by atoms with E-state index >= 15 is 0 Å². The minimum atomic E-state index is -2.64. The summed E-state index contributed by atoms with van der Waals surface area (Å²) in [5.74, 6) is -1.05. The molecule has 0 aliphatic rings. The van der Waals surface area contributed by atoms with E-state index in [9.17, 15) is 13.6 Å². The topological polar surface area (TPSA) is 50.2 Å². The van der Waals surface area contributed by atoms with Crippen LogP contribution in [0.4, 0.5) is 8.78 Å². The van der Waals surface area contributed by atoms with Gasteiger partial charge in [-0.2, -0.15) is 0 Å². The molecule has 0 amide bonds. The zero-order valence-corrected chi connectivity index (χ0v) is 8.44. The maximum atomic E-state index is 12.2. The van der Waals surface area contributed by atoms with Gasteiger partial charge in [-0.05, 0) is 13.8 Å². The van der Waals surface area contributed by atoms with Gasteiger partial charge in [0.15, 0.2) is 5.01 Å². The van der Waals surface area contributed by atoms with Crippen molar-refractivity contribution >= 4 is 17.3 Å². The average Bonchev–Trinajstić information content (AvgIpc) is 2.51. The summed E-state index contributed by atoms with van der Waals surface area (Å²) in [5, 5.41) is 8.50. The zero-order chi connectivity index (χ0) is 10.9. The second kappa shape index (κ2) is 3.61. The first kappa shape index (κ1) is 11.0. The molecule has 6 heteroatoms. The Morgan fingerprint density at radius 2 is 2.21 bits per heavy atom. The molecule has 1 aromatic heterocycles. The van der Waals surface area contributed by atoms with Crippen LogP contribution in [0.15, 0.2) is 6.20 Å². The van der Waals surface area contributed by atoms with E-state index in [-0.39, 0.29) is 5.01 Å². The van der Waals surface area contributed by atoms with Crippen molar-refractivity contribution in [3.63, 3.8) is 0 Å². The summed E-state index contributed by atoms with van der Waals surface area (Å²) in [6.45, 7) is 2.91. The van der Waals surface area contributed by atoms with Crippen LogP contribution in [-0.2, 0) is 10.2 Å². The van der Waals surface area contributed by atoms with E-state index in [1.807, 2.05) is 0 Å². The van der Waals surface area contributed by atoms with Crippen LogP contribution in [0.1, 0.15) is 30.2 Å². The van der Waals surface area contributed by atoms with Gasteiger partial charge in [-0.1, -0.05) is 0 Å². The third-order valence-electron chi connectivity index (χ3n) is 1.86. The molecule has 0 fully saturated rings. The molecule has 0 aliphatic heterocycles. The number of hydrogen-bond donors (Lipinski definition) is 1. The fourth-order valence-corrected chi connectivity index (χ4v) is 1.65. The third-order valence-corrected chi connectivity index (χ3v) is 3.19. The molecule has 0 bridgehead atoms. The molecule has 3 nitrogen and oxygen atoms in total. The van der Waals surface area contributed by atoms with Crippen molar-refractivity contribution in [2.24, 2.45) is 0 Å². The number of rotatable bonds is 3. The molecule has 0 spiro atoms. The van der Waals surface area contributed by atoms with Gasteiger partial charge in [-0.3, -0.25) is 4.79 Å². The molecule has 78 valence electrons. The lowest BCUT2D eigenvalue weighted by molar-refractivity contribution is -0.142. The van der Waals surface area contributed by atoms with Crippen LogP contribution in [-0.4, -0.2) is 16.1 Å². The van der Waals surface area contributed by atoms with Crippen molar-refractivity contribution in [2.75, 3.05) is 0 Å². The van der Waals surface area contributed by atoms with Crippen molar-refractivity contribution in [2.45, 2.75) is 25.7 Å². The second-order valence-corrected chi connectivity index (χ2v) is 4.36. The Kier molecular flexibility index (Phi) is 2.84. The summed E-state index contributed by atoms with van der Waals surface area (Å²) >= 11 is 0.734. The molecule has 1 rings (SSSR count). The standard InChI is InChI=1S/C8H9F2NO2S/c1-8(2,7(12)13)4-3-11-6(14-4)5(9)10/h3,5H,1-2H3,(H,12,13). The van der Waals surface area contributed by atoms with Crippen LogP contribution >= 0.6 is 11.3 Å². The predicted octanol–water partition coefficient (Wildman–Crippen LogP) is 2.44. The van der Waals surface area contributed by atoms with Gasteiger partial charge in [-0.15, -0.1) is 11.3 Å². The van der Waals surface area contributed by atoms with Gasteiger partial charge in [0.2, 0.25) is 0 Å². The third kappa shape index (κ3) is 1.89. The van der Waals surface area contributed by atoms with E-state index in [2.05, 4.69) is 4.98 Å². The Balaban J connectivity index is 3.03. The maximum Gasteiger partial charge on any atom is 0.314 e. The molecule has 1 N–H and O–H groups in total. The average molecular weight is 221 g/mol. The molecule has 1 heterocycles. The number of carboxylic acid groups (broad SMARTS) is 1. The van der Waals surface area contributed by atoms with Gasteiger partial charge < -0.3 is 5.11 Å². The van der Waals surface area contributed by atoms with Crippen LogP contribution in [0.3, 0.4) is 0 Å². The van der Waals surface area contributed by atoms with E-state index in [1.165, 1.54) is 20.0 Å². The molecular formula is C8H9F2NO2S. The first-order valence-corrected chi connectivity index (χ1v) is 4.65. The second-order valence-electron chi connectivity index (χ2n) is 3.29. The molecule has 0 atom stereocenters. The van der Waals surface area contributed by atoms with E-state index < -0.39 is 17.8 Å². The highest BCUT2D eigenvalue weighted by Gasteiger charge is 2.32. The number of alkyl halides is 2. The van der Waals surface area contributed by atoms with Gasteiger partial charge in [-0.25, -0.2) is 13.8 Å². The highest BCUT2D eigenvalue weighted by atomic mass is 32.1. The Bertz CT molecular complexity index is 349. The van der Waals surface area contributed by atoms with Gasteiger partial charge in [0.25, 0.3) is 6.43 Å². The lowest BCUT2D eigenvalue weighted by Crippen LogP contribution is -2.27. The van der Waals surface area contributed by atoms with Crippen LogP contribution < -0.4 is 0 Å². The Labute approximate surface area is 83.4 Å². The fraction of sp³-hybridized carbons (Fsp3) is 0.500. The van der Waals surface area contributed by atoms with Crippen LogP contribution in [0.2, 0.25) is 0 Å². The van der Waals surface area contributed by atoms with E-state index in [1.54, 1.807) is 0 Å². The summed E-state index contributed by atoms with van der Waals surface area (Å²) in [7, 11) is 0. The number of carboxylic acids is 1. The molecule has 0 saturated carbocycles. The minimum absolute atomic E-state index is 0.334. The number of nitrogens with zero attached hydrogens (tertiary/aromatic N) is 1. The molecule has 0 unspecified atom stereocenters. The Morgan fingerprint density at radius 1 is 1.64 bits per heavy atom. The molecule has 14 heavy (non-hydrogen) atoms. The highest BCUT2D eigenvalue weighted by Crippen LogP contribution is 2.32. The molecular weight excluding hydrogens is 212 g/mol. The zero-order valence-electron chi connectivity index (χ0n) is 7.62. The highest BCUT2D eigenvalue weighted by molar-refractivity contribution is 7.11. The normalized spacial score (nSPS) is 12.1. The first-order valence-electron chi connectivity index (χ1n) is 3.83. The predicted molar refractivity (Wildman–Crippen MR) is 47.7 cm³/mol. The lowest BCUT2D eigenvalue weighted by Gasteiger charge is -2.15. The van der Waals surface area contributed by atoms with E-state index in [4.69, 9.17) is 5.11 Å².